The SMILES string of the molecule is COC(=O)C(C)CC(C)NC1CCCC1. The van der Waals surface area contributed by atoms with Crippen LogP contribution >= 0.6 is 0 Å². The van der Waals surface area contributed by atoms with E-state index in [0.717, 1.165) is 6.42 Å². The van der Waals surface area contributed by atoms with Gasteiger partial charge in [-0.15, -0.1) is 0 Å². The number of rotatable bonds is 5. The van der Waals surface area contributed by atoms with E-state index in [9.17, 15) is 4.79 Å². The highest BCUT2D eigenvalue weighted by atomic mass is 16.5. The van der Waals surface area contributed by atoms with Crippen LogP contribution in [0.3, 0.4) is 0 Å². The maximum absolute atomic E-state index is 11.2. The van der Waals surface area contributed by atoms with Crippen LogP contribution in [0.25, 0.3) is 0 Å². The first-order chi connectivity index (χ1) is 7.13. The molecular formula is C12H23NO2. The number of carbonyl (C=O) groups is 1. The van der Waals surface area contributed by atoms with Gasteiger partial charge in [-0.05, 0) is 26.2 Å². The van der Waals surface area contributed by atoms with Gasteiger partial charge in [-0.25, -0.2) is 0 Å². The van der Waals surface area contributed by atoms with Crippen LogP contribution in [-0.4, -0.2) is 25.2 Å². The average Bonchev–Trinajstić information content (AvgIpc) is 2.68. The summed E-state index contributed by atoms with van der Waals surface area (Å²) in [7, 11) is 1.45. The fourth-order valence-corrected chi connectivity index (χ4v) is 2.39. The minimum Gasteiger partial charge on any atom is -0.469 e. The lowest BCUT2D eigenvalue weighted by Gasteiger charge is -2.21. The second-order valence-corrected chi connectivity index (χ2v) is 4.71. The van der Waals surface area contributed by atoms with Crippen molar-refractivity contribution >= 4 is 5.97 Å². The Kier molecular flexibility index (Phi) is 5.09. The molecule has 1 fully saturated rings. The van der Waals surface area contributed by atoms with Crippen LogP contribution in [0.4, 0.5) is 0 Å². The summed E-state index contributed by atoms with van der Waals surface area (Å²) in [6, 6.07) is 1.08. The molecule has 1 N–H and O–H groups in total. The Morgan fingerprint density at radius 3 is 2.53 bits per heavy atom. The number of nitrogens with one attached hydrogen (secondary N) is 1. The molecule has 1 aliphatic rings. The van der Waals surface area contributed by atoms with Gasteiger partial charge in [-0.3, -0.25) is 4.79 Å². The summed E-state index contributed by atoms with van der Waals surface area (Å²) in [6.45, 7) is 4.08. The number of ether oxygens (including phenoxy) is 1. The minimum absolute atomic E-state index is 0.00102. The van der Waals surface area contributed by atoms with Crippen molar-refractivity contribution < 1.29 is 9.53 Å². The quantitative estimate of drug-likeness (QED) is 0.711. The van der Waals surface area contributed by atoms with Gasteiger partial charge in [0.15, 0.2) is 0 Å². The van der Waals surface area contributed by atoms with Crippen molar-refractivity contribution in [2.75, 3.05) is 7.11 Å². The van der Waals surface area contributed by atoms with Crippen LogP contribution < -0.4 is 5.32 Å². The zero-order chi connectivity index (χ0) is 11.3. The molecular weight excluding hydrogens is 190 g/mol. The largest absolute Gasteiger partial charge is 0.469 e. The Bertz CT molecular complexity index is 200. The molecule has 0 spiro atoms. The molecule has 0 aliphatic heterocycles. The molecule has 3 heteroatoms. The summed E-state index contributed by atoms with van der Waals surface area (Å²) >= 11 is 0. The molecule has 88 valence electrons. The van der Waals surface area contributed by atoms with Gasteiger partial charge in [-0.1, -0.05) is 19.8 Å². The van der Waals surface area contributed by atoms with Crippen LogP contribution in [0.2, 0.25) is 0 Å². The summed E-state index contributed by atoms with van der Waals surface area (Å²) in [5.41, 5.74) is 0. The fourth-order valence-electron chi connectivity index (χ4n) is 2.39. The summed E-state index contributed by atoms with van der Waals surface area (Å²) in [6.07, 6.45) is 6.13. The first kappa shape index (κ1) is 12.5. The van der Waals surface area contributed by atoms with Crippen molar-refractivity contribution in [3.8, 4) is 0 Å². The topological polar surface area (TPSA) is 38.3 Å². The van der Waals surface area contributed by atoms with Gasteiger partial charge in [0.05, 0.1) is 13.0 Å². The van der Waals surface area contributed by atoms with E-state index >= 15 is 0 Å². The predicted octanol–water partition coefficient (Wildman–Crippen LogP) is 2.11. The van der Waals surface area contributed by atoms with E-state index in [1.807, 2.05) is 6.92 Å². The Balaban J connectivity index is 2.22. The van der Waals surface area contributed by atoms with Crippen molar-refractivity contribution in [1.82, 2.24) is 5.32 Å². The van der Waals surface area contributed by atoms with Crippen LogP contribution in [0.5, 0.6) is 0 Å². The molecule has 0 aromatic heterocycles. The lowest BCUT2D eigenvalue weighted by atomic mass is 10.0. The van der Waals surface area contributed by atoms with E-state index in [2.05, 4.69) is 12.2 Å². The van der Waals surface area contributed by atoms with Crippen molar-refractivity contribution in [3.05, 3.63) is 0 Å². The van der Waals surface area contributed by atoms with E-state index in [1.165, 1.54) is 32.8 Å². The Labute approximate surface area is 92.6 Å². The number of esters is 1. The molecule has 1 aliphatic carbocycles. The number of hydrogen-bond acceptors (Lipinski definition) is 3. The Morgan fingerprint density at radius 2 is 2.00 bits per heavy atom. The van der Waals surface area contributed by atoms with Gasteiger partial charge in [0, 0.05) is 12.1 Å². The number of carbonyl (C=O) groups excluding carboxylic acids is 1. The van der Waals surface area contributed by atoms with E-state index in [4.69, 9.17) is 4.74 Å². The molecule has 1 saturated carbocycles. The van der Waals surface area contributed by atoms with Gasteiger partial charge < -0.3 is 10.1 Å². The number of methoxy groups -OCH3 is 1. The molecule has 2 unspecified atom stereocenters. The smallest absolute Gasteiger partial charge is 0.308 e. The lowest BCUT2D eigenvalue weighted by molar-refractivity contribution is -0.145. The zero-order valence-corrected chi connectivity index (χ0v) is 10.1. The van der Waals surface area contributed by atoms with Crippen LogP contribution in [0.15, 0.2) is 0 Å². The zero-order valence-electron chi connectivity index (χ0n) is 10.1. The monoisotopic (exact) mass is 213 g/mol. The average molecular weight is 213 g/mol. The molecule has 15 heavy (non-hydrogen) atoms. The van der Waals surface area contributed by atoms with Crippen LogP contribution in [0, 0.1) is 5.92 Å². The third kappa shape index (κ3) is 4.20. The highest BCUT2D eigenvalue weighted by molar-refractivity contribution is 5.71. The van der Waals surface area contributed by atoms with Crippen molar-refractivity contribution in [2.45, 2.75) is 58.0 Å². The van der Waals surface area contributed by atoms with E-state index < -0.39 is 0 Å². The highest BCUT2D eigenvalue weighted by Gasteiger charge is 2.20. The van der Waals surface area contributed by atoms with Crippen molar-refractivity contribution in [1.29, 1.82) is 0 Å². The molecule has 0 radical (unpaired) electrons. The Morgan fingerprint density at radius 1 is 1.40 bits per heavy atom. The van der Waals surface area contributed by atoms with Crippen molar-refractivity contribution in [2.24, 2.45) is 5.92 Å². The van der Waals surface area contributed by atoms with E-state index in [1.54, 1.807) is 0 Å². The van der Waals surface area contributed by atoms with E-state index in [-0.39, 0.29) is 11.9 Å². The standard InChI is InChI=1S/C12H23NO2/c1-9(12(14)15-3)8-10(2)13-11-6-4-5-7-11/h9-11,13H,4-8H2,1-3H3. The molecule has 0 amide bonds. The molecule has 2 atom stereocenters. The van der Waals surface area contributed by atoms with E-state index in [0.29, 0.717) is 12.1 Å². The van der Waals surface area contributed by atoms with Crippen molar-refractivity contribution in [3.63, 3.8) is 0 Å². The Hall–Kier alpha value is -0.570. The van der Waals surface area contributed by atoms with Gasteiger partial charge in [-0.2, -0.15) is 0 Å². The predicted molar refractivity (Wildman–Crippen MR) is 60.7 cm³/mol. The third-order valence-corrected chi connectivity index (χ3v) is 3.19. The molecule has 1 rings (SSSR count). The molecule has 0 aromatic rings. The maximum atomic E-state index is 11.2. The summed E-state index contributed by atoms with van der Waals surface area (Å²) in [4.78, 5) is 11.2. The fraction of sp³-hybridized carbons (Fsp3) is 0.917. The first-order valence-corrected chi connectivity index (χ1v) is 5.97. The molecule has 0 aromatic carbocycles. The van der Waals surface area contributed by atoms with Crippen LogP contribution in [-0.2, 0) is 9.53 Å². The van der Waals surface area contributed by atoms with Gasteiger partial charge in [0.25, 0.3) is 0 Å². The molecule has 0 saturated heterocycles. The van der Waals surface area contributed by atoms with Crippen LogP contribution in [0.1, 0.15) is 46.0 Å². The summed E-state index contributed by atoms with van der Waals surface area (Å²) in [5.74, 6) is -0.103. The van der Waals surface area contributed by atoms with Gasteiger partial charge >= 0.3 is 5.97 Å². The normalized spacial score (nSPS) is 21.3. The van der Waals surface area contributed by atoms with Gasteiger partial charge in [0.2, 0.25) is 0 Å². The maximum Gasteiger partial charge on any atom is 0.308 e. The molecule has 3 nitrogen and oxygen atoms in total. The first-order valence-electron chi connectivity index (χ1n) is 5.97. The summed E-state index contributed by atoms with van der Waals surface area (Å²) in [5, 5.41) is 3.58. The second-order valence-electron chi connectivity index (χ2n) is 4.71. The third-order valence-electron chi connectivity index (χ3n) is 3.19. The minimum atomic E-state index is -0.102. The molecule has 0 heterocycles. The summed E-state index contributed by atoms with van der Waals surface area (Å²) < 4.78 is 4.72. The number of hydrogen-bond donors (Lipinski definition) is 1. The highest BCUT2D eigenvalue weighted by Crippen LogP contribution is 2.19. The second kappa shape index (κ2) is 6.11. The lowest BCUT2D eigenvalue weighted by Crippen LogP contribution is -2.36. The molecule has 0 bridgehead atoms. The van der Waals surface area contributed by atoms with Gasteiger partial charge in [0.1, 0.15) is 0 Å².